The van der Waals surface area contributed by atoms with Crippen LogP contribution in [0.15, 0.2) is 170 Å². The Morgan fingerprint density at radius 3 is 1.84 bits per heavy atom. The number of nitrogens with one attached hydrogen (secondary N) is 1. The van der Waals surface area contributed by atoms with E-state index in [0.717, 1.165) is 17.1 Å². The smallest absolute Gasteiger partial charge is 0.333 e. The van der Waals surface area contributed by atoms with Crippen molar-refractivity contribution in [2.75, 3.05) is 15.0 Å². The predicted molar refractivity (Wildman–Crippen MR) is 233 cm³/mol. The SMILES string of the molecule is Cc1c2cc3c4ccccc4n4c3c1-c1c3c(cc5c1B4c1ccccc1N5c1ccccc1)N(c1ccccc1)c1ccccc1B3Nc1ccccc1-2. The zero-order valence-corrected chi connectivity index (χ0v) is 30.2. The van der Waals surface area contributed by atoms with Crippen molar-refractivity contribution in [3.63, 3.8) is 0 Å². The van der Waals surface area contributed by atoms with Gasteiger partial charge in [-0.3, -0.25) is 0 Å². The van der Waals surface area contributed by atoms with E-state index in [0.29, 0.717) is 0 Å². The molecule has 0 radical (unpaired) electrons. The number of nitrogens with zero attached hydrogens (tertiary/aromatic N) is 3. The highest BCUT2D eigenvalue weighted by Crippen LogP contribution is 2.52. The molecule has 4 aliphatic rings. The van der Waals surface area contributed by atoms with Crippen LogP contribution in [0.3, 0.4) is 0 Å². The lowest BCUT2D eigenvalue weighted by Gasteiger charge is -2.45. The lowest BCUT2D eigenvalue weighted by molar-refractivity contribution is 1.23. The first kappa shape index (κ1) is 29.5. The summed E-state index contributed by atoms with van der Waals surface area (Å²) in [4.78, 5) is 5.04. The van der Waals surface area contributed by atoms with Crippen LogP contribution in [0.5, 0.6) is 0 Å². The van der Waals surface area contributed by atoms with Gasteiger partial charge in [0.05, 0.1) is 0 Å². The zero-order chi connectivity index (χ0) is 35.9. The summed E-state index contributed by atoms with van der Waals surface area (Å²) >= 11 is 0. The maximum atomic E-state index is 4.22. The first-order valence-corrected chi connectivity index (χ1v) is 19.3. The molecule has 4 nitrogen and oxygen atoms in total. The molecule has 0 fully saturated rings. The molecule has 0 saturated carbocycles. The molecular formula is C49H32B2N4. The molecule has 0 spiro atoms. The molecular weight excluding hydrogens is 666 g/mol. The Balaban J connectivity index is 1.31. The quantitative estimate of drug-likeness (QED) is 0.182. The van der Waals surface area contributed by atoms with Gasteiger partial charge in [0, 0.05) is 72.7 Å². The molecule has 2 bridgehead atoms. The van der Waals surface area contributed by atoms with Crippen LogP contribution < -0.4 is 36.9 Å². The summed E-state index contributed by atoms with van der Waals surface area (Å²) in [5.74, 6) is 0. The van der Waals surface area contributed by atoms with Gasteiger partial charge < -0.3 is 19.5 Å². The minimum Gasteiger partial charge on any atom is -0.420 e. The van der Waals surface area contributed by atoms with E-state index in [-0.39, 0.29) is 13.7 Å². The second-order valence-corrected chi connectivity index (χ2v) is 15.3. The highest BCUT2D eigenvalue weighted by atomic mass is 15.2. The Bertz CT molecular complexity index is 3120. The van der Waals surface area contributed by atoms with Crippen molar-refractivity contribution in [3.8, 4) is 22.3 Å². The van der Waals surface area contributed by atoms with Crippen LogP contribution in [-0.4, -0.2) is 18.2 Å². The van der Waals surface area contributed by atoms with E-state index in [4.69, 9.17) is 0 Å². The highest BCUT2D eigenvalue weighted by Gasteiger charge is 2.48. The normalized spacial score (nSPS) is 13.9. The summed E-state index contributed by atoms with van der Waals surface area (Å²) in [7, 11) is 0. The summed E-state index contributed by atoms with van der Waals surface area (Å²) in [6.45, 7) is 2.24. The minimum atomic E-state index is -0.102. The molecule has 8 aromatic carbocycles. The molecule has 55 heavy (non-hydrogen) atoms. The monoisotopic (exact) mass is 698 g/mol. The van der Waals surface area contributed by atoms with Gasteiger partial charge in [-0.05, 0) is 106 Å². The van der Waals surface area contributed by atoms with E-state index in [1.165, 1.54) is 94.2 Å². The van der Waals surface area contributed by atoms with Crippen LogP contribution in [0.2, 0.25) is 0 Å². The molecule has 0 aliphatic carbocycles. The van der Waals surface area contributed by atoms with Crippen LogP contribution in [0.25, 0.3) is 44.1 Å². The van der Waals surface area contributed by atoms with Gasteiger partial charge in [-0.2, -0.15) is 0 Å². The number of para-hydroxylation sites is 6. The molecule has 4 aliphatic heterocycles. The Kier molecular flexibility index (Phi) is 5.70. The molecule has 6 heteroatoms. The summed E-state index contributed by atoms with van der Waals surface area (Å²) < 4.78 is 2.69. The first-order chi connectivity index (χ1) is 27.3. The second kappa shape index (κ2) is 10.6. The third kappa shape index (κ3) is 3.69. The topological polar surface area (TPSA) is 23.4 Å². The summed E-state index contributed by atoms with van der Waals surface area (Å²) in [5.41, 5.74) is 22.7. The van der Waals surface area contributed by atoms with Gasteiger partial charge in [-0.25, -0.2) is 0 Å². The molecule has 5 heterocycles. The van der Waals surface area contributed by atoms with Gasteiger partial charge >= 0.3 is 13.7 Å². The Morgan fingerprint density at radius 2 is 1.07 bits per heavy atom. The van der Waals surface area contributed by atoms with E-state index in [1.54, 1.807) is 0 Å². The van der Waals surface area contributed by atoms with E-state index >= 15 is 0 Å². The molecule has 0 unspecified atom stereocenters. The van der Waals surface area contributed by atoms with Gasteiger partial charge in [-0.15, -0.1) is 0 Å². The summed E-state index contributed by atoms with van der Waals surface area (Å²) in [6, 6.07) is 63.0. The molecule has 0 amide bonds. The van der Waals surface area contributed by atoms with Gasteiger partial charge in [0.25, 0.3) is 0 Å². The van der Waals surface area contributed by atoms with E-state index < -0.39 is 0 Å². The number of benzene rings is 8. The average molecular weight is 698 g/mol. The fraction of sp³-hybridized carbons (Fsp3) is 0.0204. The van der Waals surface area contributed by atoms with Crippen molar-refractivity contribution >= 4 is 97.2 Å². The number of hydrogen-bond donors (Lipinski definition) is 1. The van der Waals surface area contributed by atoms with Gasteiger partial charge in [-0.1, -0.05) is 109 Å². The Labute approximate surface area is 320 Å². The number of rotatable bonds is 2. The van der Waals surface area contributed by atoms with Crippen molar-refractivity contribution in [2.24, 2.45) is 0 Å². The lowest BCUT2D eigenvalue weighted by Crippen LogP contribution is -2.62. The average Bonchev–Trinajstić information content (AvgIpc) is 3.58. The van der Waals surface area contributed by atoms with Crippen LogP contribution in [0, 0.1) is 6.92 Å². The molecule has 1 N–H and O–H groups in total. The highest BCUT2D eigenvalue weighted by molar-refractivity contribution is 6.95. The van der Waals surface area contributed by atoms with E-state index in [1.807, 2.05) is 0 Å². The fourth-order valence-corrected chi connectivity index (χ4v) is 10.6. The van der Waals surface area contributed by atoms with Crippen molar-refractivity contribution in [3.05, 3.63) is 175 Å². The van der Waals surface area contributed by atoms with E-state index in [9.17, 15) is 0 Å². The largest absolute Gasteiger partial charge is 0.420 e. The summed E-state index contributed by atoms with van der Waals surface area (Å²) in [5, 5.41) is 6.82. The molecule has 13 rings (SSSR count). The third-order valence-electron chi connectivity index (χ3n) is 12.7. The standard InChI is InChI=1S/C49H32B2N4/c1-30-35-28-36-34-21-9-13-25-40(34)55-49(36)45(30)46-47-43(29-44-48(46)51(55)38-23-11-15-27-42(38)54(44)32-18-6-3-7-19-32)53(31-16-4-2-5-17-31)41-26-14-10-22-37(41)50(47)52-39-24-12-8-20-33(35)39/h2-29,52H,1H3. The minimum absolute atomic E-state index is 0.0299. The van der Waals surface area contributed by atoms with E-state index in [2.05, 4.69) is 196 Å². The Hall–Kier alpha value is -6.91. The molecule has 254 valence electrons. The second-order valence-electron chi connectivity index (χ2n) is 15.3. The van der Waals surface area contributed by atoms with Crippen LogP contribution >= 0.6 is 0 Å². The Morgan fingerprint density at radius 1 is 0.473 bits per heavy atom. The lowest BCUT2D eigenvalue weighted by atomic mass is 9.40. The van der Waals surface area contributed by atoms with Crippen LogP contribution in [0.4, 0.5) is 39.8 Å². The molecule has 0 saturated heterocycles. The maximum absolute atomic E-state index is 4.22. The first-order valence-electron chi connectivity index (χ1n) is 19.3. The molecule has 9 aromatic rings. The fourth-order valence-electron chi connectivity index (χ4n) is 10.6. The van der Waals surface area contributed by atoms with Gasteiger partial charge in [0.15, 0.2) is 0 Å². The number of anilines is 7. The third-order valence-corrected chi connectivity index (χ3v) is 12.7. The summed E-state index contributed by atoms with van der Waals surface area (Å²) in [6.07, 6.45) is 0. The molecule has 1 aromatic heterocycles. The number of fused-ring (bicyclic) bond motifs is 11. The van der Waals surface area contributed by atoms with Gasteiger partial charge in [0.2, 0.25) is 0 Å². The predicted octanol–water partition coefficient (Wildman–Crippen LogP) is 9.50. The maximum Gasteiger partial charge on any atom is 0.333 e. The van der Waals surface area contributed by atoms with Crippen molar-refractivity contribution < 1.29 is 0 Å². The van der Waals surface area contributed by atoms with Crippen LogP contribution in [-0.2, 0) is 0 Å². The van der Waals surface area contributed by atoms with Crippen molar-refractivity contribution in [1.29, 1.82) is 0 Å². The molecule has 0 atom stereocenters. The number of aromatic nitrogens is 1. The van der Waals surface area contributed by atoms with Crippen molar-refractivity contribution in [2.45, 2.75) is 6.92 Å². The number of hydrogen-bond acceptors (Lipinski definition) is 3. The zero-order valence-electron chi connectivity index (χ0n) is 30.2. The van der Waals surface area contributed by atoms with Crippen molar-refractivity contribution in [1.82, 2.24) is 4.48 Å². The van der Waals surface area contributed by atoms with Crippen LogP contribution in [0.1, 0.15) is 5.56 Å². The van der Waals surface area contributed by atoms with Gasteiger partial charge in [0.1, 0.15) is 0 Å².